The number of carbonyl (C=O) groups is 1. The van der Waals surface area contributed by atoms with Gasteiger partial charge in [-0.25, -0.2) is 0 Å². The highest BCUT2D eigenvalue weighted by atomic mass is 19.4. The van der Waals surface area contributed by atoms with Crippen molar-refractivity contribution >= 4 is 24.2 Å². The number of alkyl halides is 11. The minimum atomic E-state index is -7.27. The minimum absolute atomic E-state index is 0.122. The van der Waals surface area contributed by atoms with E-state index in [0.717, 1.165) is 0 Å². The average Bonchev–Trinajstić information content (AvgIpc) is 2.58. The Morgan fingerprint density at radius 3 is 1.84 bits per heavy atom. The van der Waals surface area contributed by atoms with Crippen LogP contribution in [0.5, 0.6) is 0 Å². The Balaban J connectivity index is 3.72. The van der Waals surface area contributed by atoms with Crippen LogP contribution in [0.1, 0.15) is 5.56 Å². The second-order valence-electron chi connectivity index (χ2n) is 5.69. The summed E-state index contributed by atoms with van der Waals surface area (Å²) in [6.45, 7) is 2.94. The van der Waals surface area contributed by atoms with E-state index in [4.69, 9.17) is 10.0 Å². The van der Waals surface area contributed by atoms with Crippen molar-refractivity contribution in [1.82, 2.24) is 0 Å². The summed E-state index contributed by atoms with van der Waals surface area (Å²) in [5, 5.41) is 19.8. The molecular formula is C14H9BF11NO4. The predicted octanol–water partition coefficient (Wildman–Crippen LogP) is 2.98. The molecule has 0 saturated carbocycles. The first kappa shape index (κ1) is 26.6. The maximum atomic E-state index is 14.7. The molecule has 0 aromatic heterocycles. The number of benzene rings is 1. The SMILES string of the molecule is C=CC(=O)Nc1cc(B(O)O)cc(C(F)(OC(F)(F)C(F)(F)C(F)(F)F)C(F)(F)F)c1. The number of ether oxygens (including phenoxy) is 1. The van der Waals surface area contributed by atoms with Gasteiger partial charge in [-0.05, 0) is 23.7 Å². The van der Waals surface area contributed by atoms with Gasteiger partial charge in [0.25, 0.3) is 0 Å². The van der Waals surface area contributed by atoms with E-state index in [1.54, 1.807) is 5.32 Å². The van der Waals surface area contributed by atoms with Crippen molar-refractivity contribution in [2.75, 3.05) is 5.32 Å². The molecule has 0 bridgehead atoms. The van der Waals surface area contributed by atoms with Crippen LogP contribution in [0.4, 0.5) is 54.0 Å². The Labute approximate surface area is 165 Å². The summed E-state index contributed by atoms with van der Waals surface area (Å²) in [4.78, 5) is 11.2. The third-order valence-corrected chi connectivity index (χ3v) is 3.43. The zero-order chi connectivity index (χ0) is 24.6. The van der Waals surface area contributed by atoms with Crippen molar-refractivity contribution in [3.05, 3.63) is 36.4 Å². The van der Waals surface area contributed by atoms with Gasteiger partial charge >= 0.3 is 37.4 Å². The van der Waals surface area contributed by atoms with Crippen LogP contribution < -0.4 is 10.8 Å². The van der Waals surface area contributed by atoms with E-state index in [-0.39, 0.29) is 12.1 Å². The number of hydrogen-bond donors (Lipinski definition) is 3. The lowest BCUT2D eigenvalue weighted by atomic mass is 9.78. The van der Waals surface area contributed by atoms with Crippen LogP contribution in [-0.2, 0) is 15.4 Å². The van der Waals surface area contributed by atoms with Gasteiger partial charge < -0.3 is 15.4 Å². The van der Waals surface area contributed by atoms with Crippen molar-refractivity contribution < 1.29 is 67.9 Å². The second kappa shape index (κ2) is 8.27. The van der Waals surface area contributed by atoms with Gasteiger partial charge in [-0.3, -0.25) is 9.53 Å². The van der Waals surface area contributed by atoms with Gasteiger partial charge in [0, 0.05) is 11.3 Å². The predicted molar refractivity (Wildman–Crippen MR) is 81.0 cm³/mol. The molecule has 1 aromatic rings. The molecular weight excluding hydrogens is 466 g/mol. The van der Waals surface area contributed by atoms with Gasteiger partial charge in [0.05, 0.1) is 0 Å². The quantitative estimate of drug-likeness (QED) is 0.322. The fraction of sp³-hybridized carbons (Fsp3) is 0.357. The molecule has 0 aliphatic carbocycles. The molecule has 1 unspecified atom stereocenters. The topological polar surface area (TPSA) is 78.8 Å². The molecule has 174 valence electrons. The van der Waals surface area contributed by atoms with Crippen LogP contribution in [-0.4, -0.2) is 47.5 Å². The van der Waals surface area contributed by atoms with Gasteiger partial charge in [0.2, 0.25) is 5.91 Å². The Hall–Kier alpha value is -2.40. The van der Waals surface area contributed by atoms with E-state index >= 15 is 0 Å². The molecule has 5 nitrogen and oxygen atoms in total. The van der Waals surface area contributed by atoms with Gasteiger partial charge in [0.15, 0.2) is 0 Å². The van der Waals surface area contributed by atoms with Crippen LogP contribution in [0.3, 0.4) is 0 Å². The molecule has 17 heteroatoms. The molecule has 0 saturated heterocycles. The number of halogens is 11. The van der Waals surface area contributed by atoms with Gasteiger partial charge in [-0.15, -0.1) is 0 Å². The largest absolute Gasteiger partial charge is 0.488 e. The fourth-order valence-corrected chi connectivity index (χ4v) is 1.94. The van der Waals surface area contributed by atoms with Crippen molar-refractivity contribution in [3.63, 3.8) is 0 Å². The van der Waals surface area contributed by atoms with Crippen molar-refractivity contribution in [1.29, 1.82) is 0 Å². The standard InChI is InChI=1S/C14H9BF11NO4/c1-2-9(28)27-8-4-6(3-7(5-8)15(29)30)10(16,12(19,20)21)31-14(25,26)11(17,18)13(22,23)24/h2-5,29-30H,1H2,(H,27,28). The summed E-state index contributed by atoms with van der Waals surface area (Å²) in [5.41, 5.74) is -4.27. The zero-order valence-electron chi connectivity index (χ0n) is 14.5. The molecule has 31 heavy (non-hydrogen) atoms. The summed E-state index contributed by atoms with van der Waals surface area (Å²) in [6.07, 6.45) is -20.4. The summed E-state index contributed by atoms with van der Waals surface area (Å²) in [6, 6.07) is 0.154. The van der Waals surface area contributed by atoms with Gasteiger partial charge in [-0.2, -0.15) is 48.3 Å². The molecule has 0 aliphatic rings. The second-order valence-corrected chi connectivity index (χ2v) is 5.69. The monoisotopic (exact) mass is 475 g/mol. The molecule has 0 fully saturated rings. The fourth-order valence-electron chi connectivity index (χ4n) is 1.94. The van der Waals surface area contributed by atoms with Crippen molar-refractivity contribution in [2.24, 2.45) is 0 Å². The highest BCUT2D eigenvalue weighted by molar-refractivity contribution is 6.58. The molecule has 3 N–H and O–H groups in total. The van der Waals surface area contributed by atoms with Crippen molar-refractivity contribution in [2.45, 2.75) is 30.2 Å². The molecule has 0 aliphatic heterocycles. The Kier molecular flexibility index (Phi) is 7.11. The lowest BCUT2D eigenvalue weighted by Crippen LogP contribution is -2.58. The lowest BCUT2D eigenvalue weighted by molar-refractivity contribution is -0.488. The van der Waals surface area contributed by atoms with Crippen LogP contribution in [0.2, 0.25) is 0 Å². The van der Waals surface area contributed by atoms with E-state index in [0.29, 0.717) is 12.1 Å². The van der Waals surface area contributed by atoms with Crippen LogP contribution in [0.15, 0.2) is 30.9 Å². The number of rotatable bonds is 7. The maximum absolute atomic E-state index is 14.7. The smallest absolute Gasteiger partial charge is 0.423 e. The van der Waals surface area contributed by atoms with E-state index < -0.39 is 60.0 Å². The third kappa shape index (κ3) is 5.27. The number of hydrogen-bond acceptors (Lipinski definition) is 4. The van der Waals surface area contributed by atoms with E-state index in [9.17, 15) is 53.1 Å². The Morgan fingerprint density at radius 1 is 0.935 bits per heavy atom. The average molecular weight is 475 g/mol. The number of nitrogens with one attached hydrogen (secondary N) is 1. The van der Waals surface area contributed by atoms with Crippen molar-refractivity contribution in [3.8, 4) is 0 Å². The summed E-state index contributed by atoms with van der Waals surface area (Å²) in [7, 11) is -2.73. The van der Waals surface area contributed by atoms with E-state index in [1.807, 2.05) is 0 Å². The number of amides is 1. The van der Waals surface area contributed by atoms with Crippen LogP contribution in [0.25, 0.3) is 0 Å². The minimum Gasteiger partial charge on any atom is -0.423 e. The molecule has 1 rings (SSSR count). The molecule has 1 atom stereocenters. The highest BCUT2D eigenvalue weighted by Crippen LogP contribution is 2.53. The maximum Gasteiger partial charge on any atom is 0.488 e. The molecule has 0 heterocycles. The first-order valence-electron chi connectivity index (χ1n) is 7.43. The van der Waals surface area contributed by atoms with Gasteiger partial charge in [0.1, 0.15) is 0 Å². The Bertz CT molecular complexity index is 841. The van der Waals surface area contributed by atoms with Crippen LogP contribution in [0, 0.1) is 0 Å². The van der Waals surface area contributed by atoms with Crippen LogP contribution >= 0.6 is 0 Å². The normalized spacial score (nSPS) is 15.3. The summed E-state index contributed by atoms with van der Waals surface area (Å²) >= 11 is 0. The lowest BCUT2D eigenvalue weighted by Gasteiger charge is -2.35. The van der Waals surface area contributed by atoms with E-state index in [2.05, 4.69) is 11.3 Å². The molecule has 1 amide bonds. The first-order chi connectivity index (χ1) is 13.7. The first-order valence-corrected chi connectivity index (χ1v) is 7.43. The molecule has 1 aromatic carbocycles. The Morgan fingerprint density at radius 2 is 1.45 bits per heavy atom. The molecule has 0 radical (unpaired) electrons. The number of carbonyl (C=O) groups excluding carboxylic acids is 1. The highest BCUT2D eigenvalue weighted by Gasteiger charge is 2.78. The summed E-state index contributed by atoms with van der Waals surface area (Å²) in [5.74, 6) is -14.5. The van der Waals surface area contributed by atoms with Gasteiger partial charge in [-0.1, -0.05) is 12.6 Å². The number of anilines is 1. The molecule has 0 spiro atoms. The zero-order valence-corrected chi connectivity index (χ0v) is 14.5. The third-order valence-electron chi connectivity index (χ3n) is 3.43. The van der Waals surface area contributed by atoms with E-state index in [1.165, 1.54) is 0 Å². The summed E-state index contributed by atoms with van der Waals surface area (Å²) < 4.78 is 146.